The minimum atomic E-state index is -1.16. The first-order chi connectivity index (χ1) is 7.95. The summed E-state index contributed by atoms with van der Waals surface area (Å²) < 4.78 is 5.43. The van der Waals surface area contributed by atoms with Crippen molar-refractivity contribution in [1.29, 1.82) is 0 Å². The van der Waals surface area contributed by atoms with Gasteiger partial charge in [-0.1, -0.05) is 13.8 Å². The topological polar surface area (TPSA) is 75.6 Å². The van der Waals surface area contributed by atoms with E-state index in [1.165, 1.54) is 0 Å². The predicted octanol–water partition coefficient (Wildman–Crippen LogP) is 1.31. The molecule has 0 radical (unpaired) electrons. The van der Waals surface area contributed by atoms with E-state index in [4.69, 9.17) is 4.74 Å². The molecule has 0 bridgehead atoms. The van der Waals surface area contributed by atoms with Gasteiger partial charge in [0.25, 0.3) is 0 Å². The first-order valence-corrected chi connectivity index (χ1v) is 6.16. The Kier molecular flexibility index (Phi) is 4.51. The van der Waals surface area contributed by atoms with Crippen LogP contribution in [0.5, 0.6) is 0 Å². The molecule has 0 aromatic carbocycles. The Labute approximate surface area is 102 Å². The Morgan fingerprint density at radius 3 is 2.29 bits per heavy atom. The van der Waals surface area contributed by atoms with E-state index in [0.29, 0.717) is 19.3 Å². The fourth-order valence-electron chi connectivity index (χ4n) is 2.09. The van der Waals surface area contributed by atoms with Crippen molar-refractivity contribution in [2.75, 3.05) is 0 Å². The van der Waals surface area contributed by atoms with E-state index in [2.05, 4.69) is 5.32 Å². The van der Waals surface area contributed by atoms with Crippen LogP contribution in [0.15, 0.2) is 0 Å². The molecular formula is C12H21NO4. The van der Waals surface area contributed by atoms with E-state index in [-0.39, 0.29) is 12.0 Å². The van der Waals surface area contributed by atoms with Crippen LogP contribution in [0, 0.1) is 0 Å². The summed E-state index contributed by atoms with van der Waals surface area (Å²) in [5, 5.41) is 11.8. The molecule has 1 aliphatic rings. The number of nitrogens with one attached hydrogen (secondary N) is 1. The van der Waals surface area contributed by atoms with E-state index >= 15 is 0 Å². The Balaban J connectivity index is 2.68. The molecule has 2 atom stereocenters. The molecule has 98 valence electrons. The smallest absolute Gasteiger partial charge is 0.329 e. The molecule has 5 nitrogen and oxygen atoms in total. The van der Waals surface area contributed by atoms with Crippen LogP contribution in [0.2, 0.25) is 0 Å². The van der Waals surface area contributed by atoms with Crippen LogP contribution in [0.3, 0.4) is 0 Å². The van der Waals surface area contributed by atoms with Crippen molar-refractivity contribution in [3.8, 4) is 0 Å². The fourth-order valence-corrected chi connectivity index (χ4v) is 2.09. The Morgan fingerprint density at radius 1 is 1.35 bits per heavy atom. The molecule has 5 heteroatoms. The van der Waals surface area contributed by atoms with Crippen molar-refractivity contribution in [2.45, 2.75) is 64.2 Å². The zero-order valence-electron chi connectivity index (χ0n) is 10.7. The highest BCUT2D eigenvalue weighted by Gasteiger charge is 2.39. The maximum absolute atomic E-state index is 11.9. The van der Waals surface area contributed by atoms with Gasteiger partial charge < -0.3 is 15.2 Å². The van der Waals surface area contributed by atoms with Gasteiger partial charge in [-0.25, -0.2) is 4.79 Å². The molecule has 0 aliphatic carbocycles. The van der Waals surface area contributed by atoms with Crippen molar-refractivity contribution >= 4 is 11.9 Å². The standard InChI is InChI=1S/C12H21NO4/c1-4-12(5-2,11(15)16)13-10(14)9-7-6-8(3)17-9/h8-9H,4-7H2,1-3H3,(H,13,14)(H,15,16). The second-order valence-electron chi connectivity index (χ2n) is 4.60. The lowest BCUT2D eigenvalue weighted by Gasteiger charge is -2.29. The number of rotatable bonds is 5. The number of carboxylic acids is 1. The number of carbonyl (C=O) groups excluding carboxylic acids is 1. The van der Waals surface area contributed by atoms with Gasteiger partial charge >= 0.3 is 5.97 Å². The highest BCUT2D eigenvalue weighted by atomic mass is 16.5. The Bertz CT molecular complexity index is 299. The quantitative estimate of drug-likeness (QED) is 0.763. The van der Waals surface area contributed by atoms with Gasteiger partial charge in [-0.15, -0.1) is 0 Å². The number of aliphatic carboxylic acids is 1. The molecule has 2 unspecified atom stereocenters. The van der Waals surface area contributed by atoms with E-state index in [1.54, 1.807) is 13.8 Å². The lowest BCUT2D eigenvalue weighted by atomic mass is 9.92. The molecule has 1 rings (SSSR count). The lowest BCUT2D eigenvalue weighted by molar-refractivity contribution is -0.150. The van der Waals surface area contributed by atoms with Gasteiger partial charge in [0.15, 0.2) is 0 Å². The monoisotopic (exact) mass is 243 g/mol. The molecule has 1 saturated heterocycles. The van der Waals surface area contributed by atoms with Gasteiger partial charge in [0.1, 0.15) is 11.6 Å². The Hall–Kier alpha value is -1.10. The molecular weight excluding hydrogens is 222 g/mol. The van der Waals surface area contributed by atoms with Crippen LogP contribution in [0.1, 0.15) is 46.5 Å². The first-order valence-electron chi connectivity index (χ1n) is 6.16. The van der Waals surface area contributed by atoms with Gasteiger partial charge in [-0.05, 0) is 32.6 Å². The van der Waals surface area contributed by atoms with Crippen molar-refractivity contribution in [3.05, 3.63) is 0 Å². The third-order valence-corrected chi connectivity index (χ3v) is 3.50. The number of hydrogen-bond donors (Lipinski definition) is 2. The maximum atomic E-state index is 11.9. The minimum absolute atomic E-state index is 0.0771. The second-order valence-corrected chi connectivity index (χ2v) is 4.60. The van der Waals surface area contributed by atoms with E-state index < -0.39 is 17.6 Å². The molecule has 1 fully saturated rings. The molecule has 1 heterocycles. The summed E-state index contributed by atoms with van der Waals surface area (Å²) in [6.07, 6.45) is 1.82. The van der Waals surface area contributed by atoms with Gasteiger partial charge in [0, 0.05) is 0 Å². The van der Waals surface area contributed by atoms with Crippen LogP contribution in [-0.2, 0) is 14.3 Å². The fraction of sp³-hybridized carbons (Fsp3) is 0.833. The van der Waals surface area contributed by atoms with Gasteiger partial charge in [-0.2, -0.15) is 0 Å². The molecule has 17 heavy (non-hydrogen) atoms. The number of hydrogen-bond acceptors (Lipinski definition) is 3. The molecule has 1 amide bonds. The van der Waals surface area contributed by atoms with Gasteiger partial charge in [0.2, 0.25) is 5.91 Å². The Morgan fingerprint density at radius 2 is 1.94 bits per heavy atom. The highest BCUT2D eigenvalue weighted by Crippen LogP contribution is 2.22. The zero-order chi connectivity index (χ0) is 13.1. The molecule has 0 saturated carbocycles. The van der Waals surface area contributed by atoms with Crippen LogP contribution in [-0.4, -0.2) is 34.7 Å². The zero-order valence-corrected chi connectivity index (χ0v) is 10.7. The molecule has 0 spiro atoms. The third kappa shape index (κ3) is 2.97. The highest BCUT2D eigenvalue weighted by molar-refractivity contribution is 5.89. The summed E-state index contributed by atoms with van der Waals surface area (Å²) in [6, 6.07) is 0. The number of carboxylic acid groups (broad SMARTS) is 1. The van der Waals surface area contributed by atoms with Crippen molar-refractivity contribution in [3.63, 3.8) is 0 Å². The summed E-state index contributed by atoms with van der Waals surface area (Å²) in [6.45, 7) is 5.43. The predicted molar refractivity (Wildman–Crippen MR) is 62.7 cm³/mol. The van der Waals surface area contributed by atoms with Crippen molar-refractivity contribution in [2.24, 2.45) is 0 Å². The van der Waals surface area contributed by atoms with E-state index in [1.807, 2.05) is 6.92 Å². The van der Waals surface area contributed by atoms with Crippen LogP contribution >= 0.6 is 0 Å². The molecule has 0 aromatic heterocycles. The third-order valence-electron chi connectivity index (χ3n) is 3.50. The summed E-state index contributed by atoms with van der Waals surface area (Å²) in [4.78, 5) is 23.2. The van der Waals surface area contributed by atoms with Gasteiger partial charge in [0.05, 0.1) is 6.10 Å². The van der Waals surface area contributed by atoms with Crippen LogP contribution in [0.4, 0.5) is 0 Å². The van der Waals surface area contributed by atoms with Crippen LogP contribution in [0.25, 0.3) is 0 Å². The molecule has 2 N–H and O–H groups in total. The normalized spacial score (nSPS) is 24.6. The van der Waals surface area contributed by atoms with E-state index in [9.17, 15) is 14.7 Å². The summed E-state index contributed by atoms with van der Waals surface area (Å²) in [5.41, 5.74) is -1.16. The molecule has 1 aliphatic heterocycles. The molecule has 0 aromatic rings. The summed E-state index contributed by atoms with van der Waals surface area (Å²) in [7, 11) is 0. The lowest BCUT2D eigenvalue weighted by Crippen LogP contribution is -2.56. The average Bonchev–Trinajstić information content (AvgIpc) is 2.72. The second kappa shape index (κ2) is 5.49. The first kappa shape index (κ1) is 14.0. The summed E-state index contributed by atoms with van der Waals surface area (Å²) >= 11 is 0. The largest absolute Gasteiger partial charge is 0.480 e. The number of amides is 1. The number of carbonyl (C=O) groups is 2. The van der Waals surface area contributed by atoms with E-state index in [0.717, 1.165) is 6.42 Å². The van der Waals surface area contributed by atoms with Crippen molar-refractivity contribution in [1.82, 2.24) is 5.32 Å². The van der Waals surface area contributed by atoms with Gasteiger partial charge in [-0.3, -0.25) is 4.79 Å². The van der Waals surface area contributed by atoms with Crippen LogP contribution < -0.4 is 5.32 Å². The number of ether oxygens (including phenoxy) is 1. The van der Waals surface area contributed by atoms with Crippen molar-refractivity contribution < 1.29 is 19.4 Å². The summed E-state index contributed by atoms with van der Waals surface area (Å²) in [5.74, 6) is -1.29. The maximum Gasteiger partial charge on any atom is 0.329 e. The average molecular weight is 243 g/mol. The SMILES string of the molecule is CCC(CC)(NC(=O)C1CCC(C)O1)C(=O)O. The minimum Gasteiger partial charge on any atom is -0.480 e.